The fourth-order valence-electron chi connectivity index (χ4n) is 3.61. The highest BCUT2D eigenvalue weighted by Gasteiger charge is 2.19. The van der Waals surface area contributed by atoms with E-state index in [1.165, 1.54) is 15.7 Å². The minimum absolute atomic E-state index is 0.157. The lowest BCUT2D eigenvalue weighted by molar-refractivity contribution is -0.117. The van der Waals surface area contributed by atoms with E-state index in [4.69, 9.17) is 0 Å². The highest BCUT2D eigenvalue weighted by molar-refractivity contribution is 7.17. The van der Waals surface area contributed by atoms with Gasteiger partial charge in [0.15, 0.2) is 0 Å². The van der Waals surface area contributed by atoms with Crippen LogP contribution in [0.4, 0.5) is 5.69 Å². The number of nitrogens with one attached hydrogen (secondary N) is 1. The van der Waals surface area contributed by atoms with Gasteiger partial charge in [0.25, 0.3) is 5.56 Å². The number of hydrogen-bond acceptors (Lipinski definition) is 5. The highest BCUT2D eigenvalue weighted by Crippen LogP contribution is 2.18. The molecule has 3 heterocycles. The van der Waals surface area contributed by atoms with Crippen molar-refractivity contribution in [1.82, 2.24) is 18.7 Å². The van der Waals surface area contributed by atoms with Crippen LogP contribution in [0.3, 0.4) is 0 Å². The topological polar surface area (TPSA) is 90.4 Å². The number of anilines is 1. The molecule has 0 fully saturated rings. The number of thiophene rings is 1. The van der Waals surface area contributed by atoms with Gasteiger partial charge in [0, 0.05) is 12.2 Å². The van der Waals surface area contributed by atoms with Crippen molar-refractivity contribution in [1.29, 1.82) is 0 Å². The van der Waals surface area contributed by atoms with E-state index in [0.29, 0.717) is 28.4 Å². The molecule has 0 atom stereocenters. The van der Waals surface area contributed by atoms with Crippen LogP contribution in [0.25, 0.3) is 16.0 Å². The second-order valence-corrected chi connectivity index (χ2v) is 9.13. The molecule has 4 rings (SSSR count). The number of fused-ring (bicyclic) bond motifs is 3. The number of hydrogen-bond donors (Lipinski definition) is 1. The first-order chi connectivity index (χ1) is 14.8. The van der Waals surface area contributed by atoms with Crippen LogP contribution >= 0.6 is 11.3 Å². The summed E-state index contributed by atoms with van der Waals surface area (Å²) in [4.78, 5) is 38.8. The minimum Gasteiger partial charge on any atom is -0.324 e. The summed E-state index contributed by atoms with van der Waals surface area (Å²) in [7, 11) is 0. The number of carbonyl (C=O) groups is 1. The zero-order valence-corrected chi connectivity index (χ0v) is 18.8. The van der Waals surface area contributed by atoms with Crippen LogP contribution in [0.2, 0.25) is 0 Å². The Balaban J connectivity index is 1.74. The molecule has 0 aliphatic rings. The van der Waals surface area contributed by atoms with E-state index in [1.807, 2.05) is 32.0 Å². The summed E-state index contributed by atoms with van der Waals surface area (Å²) in [5.41, 5.74) is 2.67. The van der Waals surface area contributed by atoms with E-state index in [-0.39, 0.29) is 23.8 Å². The van der Waals surface area contributed by atoms with E-state index in [9.17, 15) is 14.4 Å². The molecule has 1 aromatic carbocycles. The largest absolute Gasteiger partial charge is 0.352 e. The van der Waals surface area contributed by atoms with Crippen LogP contribution < -0.4 is 16.6 Å². The van der Waals surface area contributed by atoms with E-state index in [0.717, 1.165) is 22.2 Å². The van der Waals surface area contributed by atoms with Gasteiger partial charge >= 0.3 is 5.69 Å². The van der Waals surface area contributed by atoms with Gasteiger partial charge in [-0.15, -0.1) is 16.4 Å². The molecule has 162 valence electrons. The second kappa shape index (κ2) is 8.14. The smallest absolute Gasteiger partial charge is 0.324 e. The van der Waals surface area contributed by atoms with Gasteiger partial charge in [0.05, 0.1) is 5.52 Å². The SMILES string of the molecule is Cc1ccc(NC(=O)Cn2nc3n(CCC(C)C)c(=O)c4sccc4n3c2=O)c(C)c1. The number of carbonyl (C=O) groups excluding carboxylic acids is 1. The number of amides is 1. The highest BCUT2D eigenvalue weighted by atomic mass is 32.1. The van der Waals surface area contributed by atoms with Gasteiger partial charge in [-0.3, -0.25) is 14.2 Å². The summed E-state index contributed by atoms with van der Waals surface area (Å²) in [5, 5.41) is 9.00. The molecular formula is C22H25N5O3S. The Morgan fingerprint density at radius 1 is 1.19 bits per heavy atom. The van der Waals surface area contributed by atoms with Crippen LogP contribution in [0.5, 0.6) is 0 Å². The van der Waals surface area contributed by atoms with Gasteiger partial charge in [-0.25, -0.2) is 13.9 Å². The summed E-state index contributed by atoms with van der Waals surface area (Å²) in [6.45, 7) is 8.28. The standard InChI is InChI=1S/C22H25N5O3S/c1-13(2)7-9-25-20(29)19-17(8-10-31-19)27-21(25)24-26(22(27)30)12-18(28)23-16-6-5-14(3)11-15(16)4/h5-6,8,10-11,13H,7,9,12H2,1-4H3,(H,23,28). The number of aromatic nitrogens is 4. The maximum Gasteiger partial charge on any atom is 0.352 e. The van der Waals surface area contributed by atoms with Gasteiger partial charge < -0.3 is 5.32 Å². The number of aryl methyl sites for hydroxylation is 3. The molecule has 0 aliphatic heterocycles. The van der Waals surface area contributed by atoms with E-state index in [1.54, 1.807) is 16.0 Å². The molecular weight excluding hydrogens is 414 g/mol. The molecule has 0 unspecified atom stereocenters. The van der Waals surface area contributed by atoms with Crippen molar-refractivity contribution in [3.63, 3.8) is 0 Å². The first-order valence-electron chi connectivity index (χ1n) is 10.2. The quantitative estimate of drug-likeness (QED) is 0.500. The molecule has 1 N–H and O–H groups in total. The van der Waals surface area contributed by atoms with Crippen molar-refractivity contribution in [2.75, 3.05) is 5.32 Å². The van der Waals surface area contributed by atoms with E-state index < -0.39 is 5.69 Å². The molecule has 8 nitrogen and oxygen atoms in total. The van der Waals surface area contributed by atoms with Gasteiger partial charge in [0.1, 0.15) is 11.2 Å². The van der Waals surface area contributed by atoms with Crippen LogP contribution in [-0.2, 0) is 17.9 Å². The Morgan fingerprint density at radius 2 is 1.97 bits per heavy atom. The number of benzene rings is 1. The first-order valence-corrected chi connectivity index (χ1v) is 11.1. The zero-order valence-electron chi connectivity index (χ0n) is 18.0. The Bertz CT molecular complexity index is 1410. The lowest BCUT2D eigenvalue weighted by atomic mass is 10.1. The molecule has 9 heteroatoms. The average molecular weight is 440 g/mol. The molecule has 0 radical (unpaired) electrons. The van der Waals surface area contributed by atoms with Gasteiger partial charge in [-0.2, -0.15) is 0 Å². The summed E-state index contributed by atoms with van der Waals surface area (Å²) in [6, 6.07) is 7.48. The van der Waals surface area contributed by atoms with Crippen LogP contribution in [0.15, 0.2) is 39.2 Å². The Kier molecular flexibility index (Phi) is 5.53. The molecule has 0 bridgehead atoms. The van der Waals surface area contributed by atoms with Crippen molar-refractivity contribution >= 4 is 38.9 Å². The molecule has 0 spiro atoms. The van der Waals surface area contributed by atoms with Crippen molar-refractivity contribution in [2.45, 2.75) is 47.2 Å². The third-order valence-electron chi connectivity index (χ3n) is 5.27. The van der Waals surface area contributed by atoms with Crippen LogP contribution in [0, 0.1) is 19.8 Å². The molecule has 1 amide bonds. The van der Waals surface area contributed by atoms with Gasteiger partial charge in [-0.05, 0) is 49.3 Å². The number of rotatable bonds is 6. The average Bonchev–Trinajstić information content (AvgIpc) is 3.29. The molecule has 0 aliphatic carbocycles. The Morgan fingerprint density at radius 3 is 2.68 bits per heavy atom. The maximum absolute atomic E-state index is 13.1. The minimum atomic E-state index is -0.438. The maximum atomic E-state index is 13.1. The van der Waals surface area contributed by atoms with Crippen LogP contribution in [-0.4, -0.2) is 24.7 Å². The summed E-state index contributed by atoms with van der Waals surface area (Å²) in [5.74, 6) is 0.305. The fraction of sp³-hybridized carbons (Fsp3) is 0.364. The second-order valence-electron chi connectivity index (χ2n) is 8.22. The van der Waals surface area contributed by atoms with Crippen LogP contribution in [0.1, 0.15) is 31.4 Å². The molecule has 0 saturated heterocycles. The van der Waals surface area contributed by atoms with Crippen molar-refractivity contribution in [3.05, 3.63) is 61.6 Å². The Labute approximate surface area is 182 Å². The van der Waals surface area contributed by atoms with Crippen molar-refractivity contribution in [3.8, 4) is 0 Å². The molecule has 0 saturated carbocycles. The van der Waals surface area contributed by atoms with Crippen molar-refractivity contribution < 1.29 is 4.79 Å². The molecule has 4 aromatic rings. The monoisotopic (exact) mass is 439 g/mol. The third kappa shape index (κ3) is 3.93. The fourth-order valence-corrected chi connectivity index (χ4v) is 4.43. The summed E-state index contributed by atoms with van der Waals surface area (Å²) in [6.07, 6.45) is 0.778. The van der Waals surface area contributed by atoms with E-state index >= 15 is 0 Å². The third-order valence-corrected chi connectivity index (χ3v) is 6.16. The zero-order chi connectivity index (χ0) is 22.3. The van der Waals surface area contributed by atoms with Gasteiger partial charge in [0.2, 0.25) is 11.7 Å². The molecule has 31 heavy (non-hydrogen) atoms. The Hall–Kier alpha value is -3.20. The van der Waals surface area contributed by atoms with E-state index in [2.05, 4.69) is 24.3 Å². The first kappa shape index (κ1) is 21.0. The van der Waals surface area contributed by atoms with Crippen molar-refractivity contribution in [2.24, 2.45) is 5.92 Å². The normalized spacial score (nSPS) is 11.6. The lowest BCUT2D eigenvalue weighted by Gasteiger charge is -2.09. The number of nitrogens with zero attached hydrogens (tertiary/aromatic N) is 4. The lowest BCUT2D eigenvalue weighted by Crippen LogP contribution is -2.29. The predicted molar refractivity (Wildman–Crippen MR) is 123 cm³/mol. The predicted octanol–water partition coefficient (Wildman–Crippen LogP) is 3.17. The molecule has 3 aromatic heterocycles. The summed E-state index contributed by atoms with van der Waals surface area (Å²) < 4.78 is 4.60. The summed E-state index contributed by atoms with van der Waals surface area (Å²) >= 11 is 1.30. The van der Waals surface area contributed by atoms with Gasteiger partial charge in [-0.1, -0.05) is 31.5 Å².